The highest BCUT2D eigenvalue weighted by molar-refractivity contribution is 5.87. The number of rotatable bonds is 8. The SMILES string of the molecule is O=C(/C=C/c1ccc(O)c(O)c1)OC[C@@H](O)CO[C@@H]1O[C@H](CO)[C@@H](O)[C@H](O)[C@H]1O. The predicted octanol–water partition coefficient (Wildman–Crippen LogP) is -2.17. The van der Waals surface area contributed by atoms with Crippen LogP contribution in [0.3, 0.4) is 0 Å². The minimum atomic E-state index is -1.61. The van der Waals surface area contributed by atoms with Crippen molar-refractivity contribution in [2.45, 2.75) is 36.8 Å². The van der Waals surface area contributed by atoms with Crippen LogP contribution in [0.5, 0.6) is 11.5 Å². The first-order chi connectivity index (χ1) is 13.7. The molecule has 1 aromatic carbocycles. The number of carbonyl (C=O) groups excluding carboxylic acids is 1. The average molecular weight is 416 g/mol. The van der Waals surface area contributed by atoms with Crippen molar-refractivity contribution in [3.63, 3.8) is 0 Å². The molecule has 1 saturated heterocycles. The van der Waals surface area contributed by atoms with Gasteiger partial charge in [0.15, 0.2) is 17.8 Å². The molecule has 0 aromatic heterocycles. The maximum Gasteiger partial charge on any atom is 0.330 e. The summed E-state index contributed by atoms with van der Waals surface area (Å²) in [6.07, 6.45) is -6.18. The monoisotopic (exact) mass is 416 g/mol. The normalized spacial score (nSPS) is 28.4. The van der Waals surface area contributed by atoms with Crippen LogP contribution in [0.2, 0.25) is 0 Å². The standard InChI is InChI=1S/C18H24O11/c19-6-13-15(24)16(25)17(26)18(29-13)28-8-10(20)7-27-14(23)4-2-9-1-3-11(21)12(22)5-9/h1-5,10,13,15-22,24-26H,6-8H2/b4-2+/t10-,13-,15-,16+,17-,18-/m1/s1. The Bertz CT molecular complexity index is 705. The fourth-order valence-corrected chi connectivity index (χ4v) is 2.49. The number of benzene rings is 1. The van der Waals surface area contributed by atoms with Gasteiger partial charge in [-0.05, 0) is 23.8 Å². The highest BCUT2D eigenvalue weighted by Gasteiger charge is 2.44. The third-order valence-corrected chi connectivity index (χ3v) is 4.13. The maximum absolute atomic E-state index is 11.7. The number of carbonyl (C=O) groups is 1. The molecule has 0 saturated carbocycles. The van der Waals surface area contributed by atoms with E-state index in [1.54, 1.807) is 0 Å². The van der Waals surface area contributed by atoms with Crippen LogP contribution in [0.4, 0.5) is 0 Å². The molecule has 0 bridgehead atoms. The van der Waals surface area contributed by atoms with Gasteiger partial charge >= 0.3 is 5.97 Å². The van der Waals surface area contributed by atoms with Gasteiger partial charge in [-0.1, -0.05) is 6.07 Å². The number of aliphatic hydroxyl groups excluding tert-OH is 5. The van der Waals surface area contributed by atoms with E-state index in [4.69, 9.17) is 19.3 Å². The van der Waals surface area contributed by atoms with E-state index in [1.807, 2.05) is 0 Å². The number of aliphatic hydroxyl groups is 5. The second kappa shape index (κ2) is 10.5. The third-order valence-electron chi connectivity index (χ3n) is 4.13. The van der Waals surface area contributed by atoms with Crippen LogP contribution in [0.15, 0.2) is 24.3 Å². The van der Waals surface area contributed by atoms with Crippen molar-refractivity contribution in [1.29, 1.82) is 0 Å². The maximum atomic E-state index is 11.7. The van der Waals surface area contributed by atoms with Crippen molar-refractivity contribution in [3.05, 3.63) is 29.8 Å². The smallest absolute Gasteiger partial charge is 0.330 e. The lowest BCUT2D eigenvalue weighted by molar-refractivity contribution is -0.304. The van der Waals surface area contributed by atoms with Gasteiger partial charge in [-0.2, -0.15) is 0 Å². The number of hydrogen-bond acceptors (Lipinski definition) is 11. The summed E-state index contributed by atoms with van der Waals surface area (Å²) in [6, 6.07) is 3.95. The molecule has 1 heterocycles. The molecular weight excluding hydrogens is 392 g/mol. The van der Waals surface area contributed by atoms with Gasteiger partial charge in [-0.15, -0.1) is 0 Å². The molecule has 11 heteroatoms. The average Bonchev–Trinajstić information content (AvgIpc) is 2.70. The zero-order chi connectivity index (χ0) is 21.6. The Morgan fingerprint density at radius 3 is 2.48 bits per heavy atom. The minimum absolute atomic E-state index is 0.299. The summed E-state index contributed by atoms with van der Waals surface area (Å²) in [6.45, 7) is -1.48. The second-order valence-corrected chi connectivity index (χ2v) is 6.40. The third kappa shape index (κ3) is 6.37. The Balaban J connectivity index is 1.76. The minimum Gasteiger partial charge on any atom is -0.504 e. The van der Waals surface area contributed by atoms with Gasteiger partial charge in [-0.3, -0.25) is 0 Å². The van der Waals surface area contributed by atoms with Crippen molar-refractivity contribution < 1.29 is 54.8 Å². The fourth-order valence-electron chi connectivity index (χ4n) is 2.49. The summed E-state index contributed by atoms with van der Waals surface area (Å²) in [5.74, 6) is -1.43. The predicted molar refractivity (Wildman–Crippen MR) is 95.5 cm³/mol. The second-order valence-electron chi connectivity index (χ2n) is 6.40. The van der Waals surface area contributed by atoms with E-state index in [9.17, 15) is 35.4 Å². The molecule has 0 spiro atoms. The highest BCUT2D eigenvalue weighted by atomic mass is 16.7. The lowest BCUT2D eigenvalue weighted by atomic mass is 9.99. The summed E-state index contributed by atoms with van der Waals surface area (Å²) in [5.41, 5.74) is 0.434. The van der Waals surface area contributed by atoms with E-state index >= 15 is 0 Å². The first-order valence-corrected chi connectivity index (χ1v) is 8.70. The number of hydrogen-bond donors (Lipinski definition) is 7. The molecule has 1 aromatic rings. The topological polar surface area (TPSA) is 186 Å². The molecule has 0 aliphatic carbocycles. The molecule has 29 heavy (non-hydrogen) atoms. The molecule has 11 nitrogen and oxygen atoms in total. The Morgan fingerprint density at radius 2 is 1.83 bits per heavy atom. The molecule has 1 fully saturated rings. The summed E-state index contributed by atoms with van der Waals surface area (Å²) in [4.78, 5) is 11.7. The number of aromatic hydroxyl groups is 2. The summed E-state index contributed by atoms with van der Waals surface area (Å²) in [5, 5.41) is 66.6. The molecule has 0 radical (unpaired) electrons. The summed E-state index contributed by atoms with van der Waals surface area (Å²) < 4.78 is 15.1. The van der Waals surface area contributed by atoms with E-state index in [0.717, 1.165) is 6.08 Å². The zero-order valence-electron chi connectivity index (χ0n) is 15.2. The van der Waals surface area contributed by atoms with Gasteiger partial charge in [0.25, 0.3) is 0 Å². The van der Waals surface area contributed by atoms with Gasteiger partial charge in [-0.25, -0.2) is 4.79 Å². The molecule has 6 atom stereocenters. The van der Waals surface area contributed by atoms with E-state index in [2.05, 4.69) is 0 Å². The number of ether oxygens (including phenoxy) is 3. The van der Waals surface area contributed by atoms with Crippen molar-refractivity contribution >= 4 is 12.0 Å². The first-order valence-electron chi connectivity index (χ1n) is 8.70. The van der Waals surface area contributed by atoms with E-state index in [0.29, 0.717) is 5.56 Å². The van der Waals surface area contributed by atoms with Gasteiger partial charge in [0.05, 0.1) is 13.2 Å². The fraction of sp³-hybridized carbons (Fsp3) is 0.500. The summed E-state index contributed by atoms with van der Waals surface area (Å²) >= 11 is 0. The van der Waals surface area contributed by atoms with Crippen molar-refractivity contribution in [3.8, 4) is 11.5 Å². The van der Waals surface area contributed by atoms with Crippen LogP contribution in [0.25, 0.3) is 6.08 Å². The number of phenols is 2. The van der Waals surface area contributed by atoms with E-state index < -0.39 is 62.6 Å². The van der Waals surface area contributed by atoms with E-state index in [-0.39, 0.29) is 11.5 Å². The quantitative estimate of drug-likeness (QED) is 0.139. The molecule has 0 unspecified atom stereocenters. The Kier molecular flexibility index (Phi) is 8.34. The van der Waals surface area contributed by atoms with Gasteiger partial charge in [0.1, 0.15) is 37.1 Å². The van der Waals surface area contributed by atoms with Crippen LogP contribution in [0.1, 0.15) is 5.56 Å². The first kappa shape index (κ1) is 23.0. The van der Waals surface area contributed by atoms with E-state index in [1.165, 1.54) is 24.3 Å². The molecular formula is C18H24O11. The molecule has 1 aliphatic heterocycles. The largest absolute Gasteiger partial charge is 0.504 e. The van der Waals surface area contributed by atoms with Crippen LogP contribution < -0.4 is 0 Å². The summed E-state index contributed by atoms with van der Waals surface area (Å²) in [7, 11) is 0. The Morgan fingerprint density at radius 1 is 1.10 bits per heavy atom. The molecule has 162 valence electrons. The van der Waals surface area contributed by atoms with Crippen LogP contribution >= 0.6 is 0 Å². The Hall–Kier alpha value is -2.25. The molecule has 7 N–H and O–H groups in total. The van der Waals surface area contributed by atoms with Gasteiger partial charge in [0, 0.05) is 6.08 Å². The van der Waals surface area contributed by atoms with Crippen LogP contribution in [0, 0.1) is 0 Å². The van der Waals surface area contributed by atoms with Crippen LogP contribution in [-0.2, 0) is 19.0 Å². The van der Waals surface area contributed by atoms with Crippen molar-refractivity contribution in [2.75, 3.05) is 19.8 Å². The molecule has 0 amide bonds. The lowest BCUT2D eigenvalue weighted by Crippen LogP contribution is -2.59. The number of phenolic OH excluding ortho intramolecular Hbond substituents is 2. The highest BCUT2D eigenvalue weighted by Crippen LogP contribution is 2.25. The number of esters is 1. The Labute approximate surface area is 165 Å². The van der Waals surface area contributed by atoms with Crippen molar-refractivity contribution in [1.82, 2.24) is 0 Å². The van der Waals surface area contributed by atoms with Crippen LogP contribution in [-0.4, -0.2) is 98.3 Å². The van der Waals surface area contributed by atoms with Crippen molar-refractivity contribution in [2.24, 2.45) is 0 Å². The zero-order valence-corrected chi connectivity index (χ0v) is 15.2. The van der Waals surface area contributed by atoms with Gasteiger partial charge in [0.2, 0.25) is 0 Å². The molecule has 1 aliphatic rings. The lowest BCUT2D eigenvalue weighted by Gasteiger charge is -2.39. The molecule has 2 rings (SSSR count). The van der Waals surface area contributed by atoms with Gasteiger partial charge < -0.3 is 50.0 Å².